The van der Waals surface area contributed by atoms with Crippen LogP contribution in [0.15, 0.2) is 282 Å². The van der Waals surface area contributed by atoms with Gasteiger partial charge in [0.25, 0.3) is 0 Å². The zero-order chi connectivity index (χ0) is 49.4. The Bertz CT molecular complexity index is 4500. The van der Waals surface area contributed by atoms with E-state index in [2.05, 4.69) is 275 Å². The van der Waals surface area contributed by atoms with E-state index in [4.69, 9.17) is 8.83 Å². The zero-order valence-corrected chi connectivity index (χ0v) is 40.6. The molecule has 5 nitrogen and oxygen atoms in total. The molecule has 5 heteroatoms. The summed E-state index contributed by atoms with van der Waals surface area (Å²) in [5.74, 6) is 0. The standard InChI is InChI=1S/C70H45N3O2/c1-4-18-46(19-5-1)47-34-38-53(39-35-47)73-65-44-49(37-40-57(65)60-41-36-48-20-10-11-25-56(48)68(60)73)50-42-54(71(51-21-6-2-7-22-51)52-23-8-3-9-24-52)45-55(43-50)72(63-30-16-28-61-58-26-12-14-32-66(58)74-69(61)63)64-31-17-29-62-59-27-13-15-33-67(59)75-70(62)64/h1-45H. The van der Waals surface area contributed by atoms with Crippen LogP contribution < -0.4 is 9.80 Å². The zero-order valence-electron chi connectivity index (χ0n) is 40.6. The van der Waals surface area contributed by atoms with Crippen LogP contribution in [0.3, 0.4) is 0 Å². The number of hydrogen-bond donors (Lipinski definition) is 0. The summed E-state index contributed by atoms with van der Waals surface area (Å²) in [4.78, 5) is 4.69. The number of hydrogen-bond acceptors (Lipinski definition) is 4. The second-order valence-electron chi connectivity index (χ2n) is 19.2. The van der Waals surface area contributed by atoms with Crippen molar-refractivity contribution in [3.63, 3.8) is 0 Å². The summed E-state index contributed by atoms with van der Waals surface area (Å²) in [5.41, 5.74) is 16.9. The minimum absolute atomic E-state index is 0.790. The van der Waals surface area contributed by atoms with E-state index in [0.717, 1.165) is 100 Å². The predicted molar refractivity (Wildman–Crippen MR) is 313 cm³/mol. The second-order valence-corrected chi connectivity index (χ2v) is 19.2. The Balaban J connectivity index is 1.03. The molecule has 352 valence electrons. The average Bonchev–Trinajstić information content (AvgIpc) is 4.17. The van der Waals surface area contributed by atoms with Gasteiger partial charge in [-0.2, -0.15) is 0 Å². The lowest BCUT2D eigenvalue weighted by atomic mass is 9.99. The van der Waals surface area contributed by atoms with E-state index in [0.29, 0.717) is 0 Å². The molecular formula is C70H45N3O2. The fourth-order valence-electron chi connectivity index (χ4n) is 11.5. The molecule has 12 aromatic carbocycles. The van der Waals surface area contributed by atoms with Crippen LogP contribution in [0.1, 0.15) is 0 Å². The third-order valence-corrected chi connectivity index (χ3v) is 14.9. The molecule has 0 bridgehead atoms. The average molecular weight is 960 g/mol. The first kappa shape index (κ1) is 42.6. The lowest BCUT2D eigenvalue weighted by molar-refractivity contribution is 0.666. The summed E-state index contributed by atoms with van der Waals surface area (Å²) in [6.07, 6.45) is 0. The van der Waals surface area contributed by atoms with Crippen molar-refractivity contribution in [2.45, 2.75) is 0 Å². The van der Waals surface area contributed by atoms with Gasteiger partial charge in [0.05, 0.1) is 22.4 Å². The Morgan fingerprint density at radius 1 is 0.280 bits per heavy atom. The molecule has 15 rings (SSSR count). The maximum Gasteiger partial charge on any atom is 0.159 e. The molecule has 0 radical (unpaired) electrons. The molecule has 0 saturated carbocycles. The summed E-state index contributed by atoms with van der Waals surface area (Å²) < 4.78 is 16.3. The first-order valence-electron chi connectivity index (χ1n) is 25.5. The molecule has 3 heterocycles. The highest BCUT2D eigenvalue weighted by atomic mass is 16.3. The van der Waals surface area contributed by atoms with Crippen molar-refractivity contribution in [2.24, 2.45) is 0 Å². The van der Waals surface area contributed by atoms with Crippen molar-refractivity contribution >= 4 is 111 Å². The monoisotopic (exact) mass is 959 g/mol. The van der Waals surface area contributed by atoms with Gasteiger partial charge < -0.3 is 23.2 Å². The minimum atomic E-state index is 0.790. The molecule has 0 unspecified atom stereocenters. The maximum absolute atomic E-state index is 6.92. The molecule has 0 N–H and O–H groups in total. The van der Waals surface area contributed by atoms with E-state index in [1.807, 2.05) is 12.1 Å². The summed E-state index contributed by atoms with van der Waals surface area (Å²) in [6, 6.07) is 97.7. The van der Waals surface area contributed by atoms with Crippen LogP contribution in [0.2, 0.25) is 0 Å². The van der Waals surface area contributed by atoms with E-state index in [1.54, 1.807) is 0 Å². The van der Waals surface area contributed by atoms with Crippen LogP contribution in [0, 0.1) is 0 Å². The van der Waals surface area contributed by atoms with E-state index in [1.165, 1.54) is 38.2 Å². The van der Waals surface area contributed by atoms with Gasteiger partial charge in [0.2, 0.25) is 0 Å². The van der Waals surface area contributed by atoms with E-state index in [9.17, 15) is 0 Å². The van der Waals surface area contributed by atoms with Crippen molar-refractivity contribution in [2.75, 3.05) is 9.80 Å². The van der Waals surface area contributed by atoms with Crippen LogP contribution >= 0.6 is 0 Å². The Hall–Kier alpha value is -10.1. The van der Waals surface area contributed by atoms with Crippen molar-refractivity contribution in [3.05, 3.63) is 273 Å². The van der Waals surface area contributed by atoms with E-state index in [-0.39, 0.29) is 0 Å². The highest BCUT2D eigenvalue weighted by molar-refractivity contribution is 6.19. The fraction of sp³-hybridized carbons (Fsp3) is 0. The fourth-order valence-corrected chi connectivity index (χ4v) is 11.5. The highest BCUT2D eigenvalue weighted by Gasteiger charge is 2.26. The van der Waals surface area contributed by atoms with Crippen molar-refractivity contribution < 1.29 is 8.83 Å². The first-order chi connectivity index (χ1) is 37.2. The molecule has 0 aliphatic heterocycles. The van der Waals surface area contributed by atoms with Crippen molar-refractivity contribution in [1.82, 2.24) is 4.57 Å². The number of aromatic nitrogens is 1. The highest BCUT2D eigenvalue weighted by Crippen LogP contribution is 2.49. The van der Waals surface area contributed by atoms with Crippen molar-refractivity contribution in [1.29, 1.82) is 0 Å². The normalized spacial score (nSPS) is 11.7. The molecule has 75 heavy (non-hydrogen) atoms. The van der Waals surface area contributed by atoms with Crippen LogP contribution in [0.25, 0.3) is 104 Å². The summed E-state index contributed by atoms with van der Waals surface area (Å²) in [7, 11) is 0. The third kappa shape index (κ3) is 7.01. The van der Waals surface area contributed by atoms with Gasteiger partial charge in [-0.15, -0.1) is 0 Å². The molecule has 0 amide bonds. The number of para-hydroxylation sites is 6. The topological polar surface area (TPSA) is 37.7 Å². The van der Waals surface area contributed by atoms with Gasteiger partial charge >= 0.3 is 0 Å². The predicted octanol–water partition coefficient (Wildman–Crippen LogP) is 20.0. The largest absolute Gasteiger partial charge is 0.454 e. The van der Waals surface area contributed by atoms with Crippen LogP contribution in [-0.4, -0.2) is 4.57 Å². The number of rotatable bonds is 9. The molecular weight excluding hydrogens is 915 g/mol. The van der Waals surface area contributed by atoms with Crippen LogP contribution in [0.4, 0.5) is 34.1 Å². The summed E-state index contributed by atoms with van der Waals surface area (Å²) in [6.45, 7) is 0. The van der Waals surface area contributed by atoms with Crippen LogP contribution in [0.5, 0.6) is 0 Å². The lowest BCUT2D eigenvalue weighted by Crippen LogP contribution is -2.14. The minimum Gasteiger partial charge on any atom is -0.454 e. The number of furan rings is 2. The van der Waals surface area contributed by atoms with Gasteiger partial charge in [-0.1, -0.05) is 188 Å². The van der Waals surface area contributed by atoms with Gasteiger partial charge in [-0.3, -0.25) is 0 Å². The smallest absolute Gasteiger partial charge is 0.159 e. The number of nitrogens with zero attached hydrogens (tertiary/aromatic N) is 3. The Morgan fingerprint density at radius 2 is 0.773 bits per heavy atom. The lowest BCUT2D eigenvalue weighted by Gasteiger charge is -2.30. The molecule has 0 spiro atoms. The van der Waals surface area contributed by atoms with E-state index < -0.39 is 0 Å². The molecule has 0 aliphatic carbocycles. The van der Waals surface area contributed by atoms with Gasteiger partial charge in [0, 0.05) is 66.1 Å². The first-order valence-corrected chi connectivity index (χ1v) is 25.5. The molecule has 0 atom stereocenters. The Labute approximate surface area is 432 Å². The molecule has 0 aliphatic rings. The summed E-state index contributed by atoms with van der Waals surface area (Å²) in [5, 5.41) is 9.02. The van der Waals surface area contributed by atoms with Crippen LogP contribution in [-0.2, 0) is 0 Å². The van der Waals surface area contributed by atoms with Crippen molar-refractivity contribution in [3.8, 4) is 27.9 Å². The third-order valence-electron chi connectivity index (χ3n) is 14.9. The Morgan fingerprint density at radius 3 is 1.40 bits per heavy atom. The molecule has 0 saturated heterocycles. The maximum atomic E-state index is 6.92. The number of benzene rings is 12. The summed E-state index contributed by atoms with van der Waals surface area (Å²) >= 11 is 0. The van der Waals surface area contributed by atoms with Gasteiger partial charge in [-0.05, 0) is 113 Å². The second kappa shape index (κ2) is 17.3. The Kier molecular flexibility index (Phi) is 9.82. The van der Waals surface area contributed by atoms with Gasteiger partial charge in [0.1, 0.15) is 11.2 Å². The quantitative estimate of drug-likeness (QED) is 0.144. The molecule has 15 aromatic rings. The number of fused-ring (bicyclic) bond motifs is 11. The number of anilines is 6. The van der Waals surface area contributed by atoms with Gasteiger partial charge in [-0.25, -0.2) is 0 Å². The molecule has 0 fully saturated rings. The van der Waals surface area contributed by atoms with Gasteiger partial charge in [0.15, 0.2) is 11.2 Å². The molecule has 3 aromatic heterocycles. The SMILES string of the molecule is c1ccc(-c2ccc(-n3c4cc(-c5cc(N(c6ccccc6)c6ccccc6)cc(N(c6cccc7c6oc6ccccc67)c6cccc7c6oc6ccccc67)c5)ccc4c4ccc5ccccc5c43)cc2)cc1. The van der Waals surface area contributed by atoms with E-state index >= 15 is 0 Å².